The van der Waals surface area contributed by atoms with Gasteiger partial charge in [-0.05, 0) is 30.7 Å². The minimum atomic E-state index is -0.187. The van der Waals surface area contributed by atoms with Gasteiger partial charge in [0.2, 0.25) is 12.6 Å². The quantitative estimate of drug-likeness (QED) is 0.441. The lowest BCUT2D eigenvalue weighted by Crippen LogP contribution is -2.09. The maximum absolute atomic E-state index is 12.9. The molecule has 0 spiro atoms. The Hall–Kier alpha value is -4.26. The van der Waals surface area contributed by atoms with Crippen molar-refractivity contribution in [3.8, 4) is 17.2 Å². The van der Waals surface area contributed by atoms with Crippen molar-refractivity contribution in [1.82, 2.24) is 5.43 Å². The van der Waals surface area contributed by atoms with Crippen LogP contribution in [0.3, 0.4) is 0 Å². The van der Waals surface area contributed by atoms with Gasteiger partial charge >= 0.3 is 0 Å². The molecule has 2 aliphatic rings. The van der Waals surface area contributed by atoms with E-state index in [1.807, 2.05) is 49.4 Å². The average Bonchev–Trinajstić information content (AvgIpc) is 3.57. The second-order valence-corrected chi connectivity index (χ2v) is 8.17. The summed E-state index contributed by atoms with van der Waals surface area (Å²) in [4.78, 5) is 12.9. The number of hydrogen-bond donors (Lipinski definition) is 2. The zero-order valence-electron chi connectivity index (χ0n) is 17.8. The molecule has 1 aromatic heterocycles. The van der Waals surface area contributed by atoms with Crippen LogP contribution in [-0.4, -0.2) is 23.4 Å². The van der Waals surface area contributed by atoms with E-state index in [0.29, 0.717) is 23.1 Å². The topological polar surface area (TPSA) is 93.3 Å². The van der Waals surface area contributed by atoms with Crippen molar-refractivity contribution in [3.63, 3.8) is 0 Å². The summed E-state index contributed by atoms with van der Waals surface area (Å²) in [5, 5.41) is 16.0. The maximum atomic E-state index is 12.9. The zero-order chi connectivity index (χ0) is 22.5. The summed E-state index contributed by atoms with van der Waals surface area (Å²) in [5.41, 5.74) is 7.27. The predicted molar refractivity (Wildman–Crippen MR) is 122 cm³/mol. The molecule has 3 aromatic carbocycles. The molecule has 7 nitrogen and oxygen atoms in total. The Morgan fingerprint density at radius 2 is 1.88 bits per heavy atom. The summed E-state index contributed by atoms with van der Waals surface area (Å²) in [7, 11) is 0. The average molecular weight is 440 g/mol. The summed E-state index contributed by atoms with van der Waals surface area (Å²) in [6.45, 7) is 2.08. The van der Waals surface area contributed by atoms with Gasteiger partial charge in [-0.3, -0.25) is 4.79 Å². The minimum absolute atomic E-state index is 0.0507. The number of nitrogens with one attached hydrogen (secondary N) is 1. The Labute approximate surface area is 189 Å². The first-order chi connectivity index (χ1) is 16.1. The summed E-state index contributed by atoms with van der Waals surface area (Å²) in [5.74, 6) is 1.60. The second-order valence-electron chi connectivity index (χ2n) is 8.17. The predicted octanol–water partition coefficient (Wildman–Crippen LogP) is 4.85. The van der Waals surface area contributed by atoms with E-state index in [2.05, 4.69) is 10.5 Å². The molecule has 7 heteroatoms. The molecule has 0 saturated heterocycles. The van der Waals surface area contributed by atoms with Crippen molar-refractivity contribution in [3.05, 3.63) is 88.7 Å². The molecule has 4 aromatic rings. The number of hydrazone groups is 1. The van der Waals surface area contributed by atoms with E-state index in [-0.39, 0.29) is 30.1 Å². The van der Waals surface area contributed by atoms with Crippen molar-refractivity contribution in [2.24, 2.45) is 5.10 Å². The maximum Gasteiger partial charge on any atom is 0.231 e. The third kappa shape index (κ3) is 3.20. The van der Waals surface area contributed by atoms with Gasteiger partial charge in [-0.2, -0.15) is 5.10 Å². The Balaban J connectivity index is 1.31. The first-order valence-electron chi connectivity index (χ1n) is 10.7. The molecule has 0 saturated carbocycles. The molecular formula is C26H20N2O5. The summed E-state index contributed by atoms with van der Waals surface area (Å²) >= 11 is 0. The highest BCUT2D eigenvalue weighted by Gasteiger charge is 2.27. The smallest absolute Gasteiger partial charge is 0.231 e. The van der Waals surface area contributed by atoms with Crippen LogP contribution < -0.4 is 14.9 Å². The number of benzene rings is 3. The van der Waals surface area contributed by atoms with Crippen molar-refractivity contribution in [2.45, 2.75) is 19.4 Å². The fourth-order valence-electron chi connectivity index (χ4n) is 4.36. The number of ether oxygens (including phenoxy) is 2. The van der Waals surface area contributed by atoms with Crippen LogP contribution in [0.4, 0.5) is 0 Å². The molecule has 1 unspecified atom stereocenters. The lowest BCUT2D eigenvalue weighted by molar-refractivity contribution is 0.101. The number of carbonyl (C=O) groups excluding carboxylic acids is 1. The Kier molecular flexibility index (Phi) is 4.36. The number of rotatable bonds is 4. The van der Waals surface area contributed by atoms with E-state index >= 15 is 0 Å². The zero-order valence-corrected chi connectivity index (χ0v) is 17.8. The number of hydrogen-bond acceptors (Lipinski definition) is 7. The van der Waals surface area contributed by atoms with Gasteiger partial charge in [0.25, 0.3) is 0 Å². The Morgan fingerprint density at radius 1 is 1.06 bits per heavy atom. The number of aryl methyl sites for hydroxylation is 1. The van der Waals surface area contributed by atoms with Gasteiger partial charge in [-0.25, -0.2) is 0 Å². The van der Waals surface area contributed by atoms with Crippen molar-refractivity contribution in [1.29, 1.82) is 0 Å². The van der Waals surface area contributed by atoms with Gasteiger partial charge in [0, 0.05) is 34.6 Å². The van der Waals surface area contributed by atoms with Crippen LogP contribution in [0.25, 0.3) is 11.0 Å². The van der Waals surface area contributed by atoms with E-state index < -0.39 is 0 Å². The Bertz CT molecular complexity index is 1440. The molecule has 3 heterocycles. The van der Waals surface area contributed by atoms with Crippen LogP contribution in [0, 0.1) is 6.92 Å². The molecule has 1 atom stereocenters. The van der Waals surface area contributed by atoms with Crippen molar-refractivity contribution < 1.29 is 23.8 Å². The van der Waals surface area contributed by atoms with E-state index in [9.17, 15) is 9.90 Å². The number of phenolic OH excluding ortho intramolecular Hbond substituents is 1. The number of phenols is 1. The minimum Gasteiger partial charge on any atom is -0.507 e. The van der Waals surface area contributed by atoms with Crippen LogP contribution in [0.2, 0.25) is 0 Å². The van der Waals surface area contributed by atoms with Gasteiger partial charge in [0.1, 0.15) is 11.3 Å². The van der Waals surface area contributed by atoms with Gasteiger partial charge < -0.3 is 24.4 Å². The van der Waals surface area contributed by atoms with Crippen LogP contribution >= 0.6 is 0 Å². The molecule has 6 rings (SSSR count). The Morgan fingerprint density at radius 3 is 2.73 bits per heavy atom. The lowest BCUT2D eigenvalue weighted by atomic mass is 9.96. The molecule has 0 radical (unpaired) electrons. The summed E-state index contributed by atoms with van der Waals surface area (Å²) in [6.07, 6.45) is 0.589. The third-order valence-corrected chi connectivity index (χ3v) is 6.16. The number of fused-ring (bicyclic) bond motifs is 2. The monoisotopic (exact) mass is 440 g/mol. The lowest BCUT2D eigenvalue weighted by Gasteiger charge is -2.11. The van der Waals surface area contributed by atoms with E-state index in [1.54, 1.807) is 18.2 Å². The van der Waals surface area contributed by atoms with Gasteiger partial charge in [0.05, 0.1) is 11.8 Å². The highest BCUT2D eigenvalue weighted by Crippen LogP contribution is 2.38. The van der Waals surface area contributed by atoms with Crippen molar-refractivity contribution >= 4 is 22.5 Å². The number of nitrogens with zero attached hydrogens (tertiary/aromatic N) is 1. The molecule has 0 amide bonds. The van der Waals surface area contributed by atoms with Crippen LogP contribution in [0.5, 0.6) is 17.2 Å². The number of carbonyl (C=O) groups is 1. The summed E-state index contributed by atoms with van der Waals surface area (Å²) < 4.78 is 16.7. The molecule has 0 aliphatic carbocycles. The number of aromatic hydroxyl groups is 1. The van der Waals surface area contributed by atoms with Gasteiger partial charge in [0.15, 0.2) is 17.3 Å². The molecule has 164 valence electrons. The summed E-state index contributed by atoms with van der Waals surface area (Å²) in [6, 6.07) is 18.2. The van der Waals surface area contributed by atoms with Crippen LogP contribution in [-0.2, 0) is 0 Å². The highest BCUT2D eigenvalue weighted by atomic mass is 16.7. The standard InChI is InChI=1S/C26H20N2O5/c1-14-17-10-18(20-11-19(27-28-20)16-7-8-22-24(9-16)32-13-31-22)21(29)12-23(17)33-26(14)25(30)15-5-3-2-4-6-15/h2-10,12,19,27,29H,11,13H2,1H3. The normalized spacial score (nSPS) is 16.6. The van der Waals surface area contributed by atoms with Gasteiger partial charge in [-0.1, -0.05) is 36.4 Å². The largest absolute Gasteiger partial charge is 0.507 e. The van der Waals surface area contributed by atoms with Crippen LogP contribution in [0.15, 0.2) is 70.2 Å². The van der Waals surface area contributed by atoms with Gasteiger partial charge in [-0.15, -0.1) is 0 Å². The molecular weight excluding hydrogens is 420 g/mol. The fraction of sp³-hybridized carbons (Fsp3) is 0.154. The molecule has 0 fully saturated rings. The number of furan rings is 1. The fourth-order valence-corrected chi connectivity index (χ4v) is 4.36. The van der Waals surface area contributed by atoms with Crippen molar-refractivity contribution in [2.75, 3.05) is 6.79 Å². The van der Waals surface area contributed by atoms with E-state index in [4.69, 9.17) is 13.9 Å². The molecule has 0 bridgehead atoms. The van der Waals surface area contributed by atoms with Crippen LogP contribution in [0.1, 0.15) is 45.3 Å². The molecule has 2 aliphatic heterocycles. The first-order valence-corrected chi connectivity index (χ1v) is 10.7. The second kappa shape index (κ2) is 7.41. The van der Waals surface area contributed by atoms with E-state index in [1.165, 1.54) is 0 Å². The first kappa shape index (κ1) is 19.4. The SMILES string of the molecule is Cc1c(C(=O)c2ccccc2)oc2cc(O)c(C3=NNC(c4ccc5c(c4)OCO5)C3)cc12. The number of ketones is 1. The molecule has 2 N–H and O–H groups in total. The molecule has 33 heavy (non-hydrogen) atoms. The third-order valence-electron chi connectivity index (χ3n) is 6.16. The van der Waals surface area contributed by atoms with E-state index in [0.717, 1.165) is 33.7 Å². The highest BCUT2D eigenvalue weighted by molar-refractivity contribution is 6.12.